The highest BCUT2D eigenvalue weighted by molar-refractivity contribution is 7.20. The molecule has 4 nitrogen and oxygen atoms in total. The Kier molecular flexibility index (Phi) is 2.78. The lowest BCUT2D eigenvalue weighted by atomic mass is 9.99. The van der Waals surface area contributed by atoms with E-state index in [1.807, 2.05) is 6.92 Å². The minimum absolute atomic E-state index is 0.393. The van der Waals surface area contributed by atoms with Crippen LogP contribution in [0.4, 0.5) is 0 Å². The third kappa shape index (κ3) is 1.70. The van der Waals surface area contributed by atoms with Crippen LogP contribution in [-0.4, -0.2) is 21.0 Å². The first-order valence-electron chi connectivity index (χ1n) is 6.15. The summed E-state index contributed by atoms with van der Waals surface area (Å²) in [7, 11) is 0. The van der Waals surface area contributed by atoms with E-state index >= 15 is 0 Å². The Balaban J connectivity index is 2.23. The van der Waals surface area contributed by atoms with Gasteiger partial charge >= 0.3 is 5.97 Å². The summed E-state index contributed by atoms with van der Waals surface area (Å²) in [5.74, 6) is -0.390. The molecule has 0 atom stereocenters. The van der Waals surface area contributed by atoms with Crippen LogP contribution in [0.25, 0.3) is 10.2 Å². The third-order valence-electron chi connectivity index (χ3n) is 3.69. The number of carbonyl (C=O) groups is 1. The van der Waals surface area contributed by atoms with Gasteiger partial charge < -0.3 is 5.11 Å². The molecule has 0 radical (unpaired) electrons. The van der Waals surface area contributed by atoms with E-state index in [-0.39, 0.29) is 0 Å². The second-order valence-corrected chi connectivity index (χ2v) is 5.78. The second-order valence-electron chi connectivity index (χ2n) is 4.78. The molecule has 1 saturated carbocycles. The zero-order valence-corrected chi connectivity index (χ0v) is 11.0. The van der Waals surface area contributed by atoms with E-state index < -0.39 is 5.97 Å². The average Bonchev–Trinajstić information content (AvgIpc) is 2.97. The van der Waals surface area contributed by atoms with Gasteiger partial charge in [0.2, 0.25) is 0 Å². The Morgan fingerprint density at radius 2 is 2.11 bits per heavy atom. The molecule has 0 aliphatic heterocycles. The molecule has 0 unspecified atom stereocenters. The van der Waals surface area contributed by atoms with Crippen molar-refractivity contribution < 1.29 is 9.90 Å². The van der Waals surface area contributed by atoms with E-state index in [0.29, 0.717) is 10.8 Å². The molecule has 3 rings (SSSR count). The maximum atomic E-state index is 11.2. The van der Waals surface area contributed by atoms with Crippen molar-refractivity contribution in [2.24, 2.45) is 0 Å². The summed E-state index contributed by atoms with van der Waals surface area (Å²) in [4.78, 5) is 21.0. The number of fused-ring (bicyclic) bond motifs is 1. The predicted molar refractivity (Wildman–Crippen MR) is 70.3 cm³/mol. The molecular formula is C13H14N2O2S. The van der Waals surface area contributed by atoms with Gasteiger partial charge in [-0.3, -0.25) is 0 Å². The number of carboxylic acid groups (broad SMARTS) is 1. The van der Waals surface area contributed by atoms with E-state index in [4.69, 9.17) is 0 Å². The topological polar surface area (TPSA) is 63.1 Å². The van der Waals surface area contributed by atoms with Crippen molar-refractivity contribution in [3.8, 4) is 0 Å². The van der Waals surface area contributed by atoms with Crippen molar-refractivity contribution in [2.75, 3.05) is 0 Å². The molecule has 1 N–H and O–H groups in total. The number of carboxylic acids is 1. The summed E-state index contributed by atoms with van der Waals surface area (Å²) in [6.07, 6.45) is 6.36. The molecule has 2 aromatic heterocycles. The third-order valence-corrected chi connectivity index (χ3v) is 4.88. The first-order chi connectivity index (χ1) is 8.68. The van der Waals surface area contributed by atoms with Crippen LogP contribution in [0.2, 0.25) is 0 Å². The normalized spacial score (nSPS) is 16.5. The zero-order chi connectivity index (χ0) is 12.7. The molecule has 2 aromatic rings. The maximum absolute atomic E-state index is 11.2. The molecule has 0 saturated heterocycles. The summed E-state index contributed by atoms with van der Waals surface area (Å²) < 4.78 is 0. The van der Waals surface area contributed by atoms with Crippen LogP contribution in [0, 0.1) is 6.92 Å². The standard InChI is InChI=1S/C13H14N2O2S/c1-7-9-10(8-4-2-3-5-8)14-6-15-12(9)18-11(7)13(16)17/h6,8H,2-5H2,1H3,(H,16,17). The Labute approximate surface area is 109 Å². The molecule has 1 aliphatic carbocycles. The molecule has 0 spiro atoms. The molecule has 0 bridgehead atoms. The van der Waals surface area contributed by atoms with E-state index in [1.54, 1.807) is 6.33 Å². The molecule has 0 aromatic carbocycles. The van der Waals surface area contributed by atoms with E-state index in [9.17, 15) is 9.90 Å². The van der Waals surface area contributed by atoms with Crippen LogP contribution in [0.1, 0.15) is 52.5 Å². The number of nitrogens with zero attached hydrogens (tertiary/aromatic N) is 2. The highest BCUT2D eigenvalue weighted by atomic mass is 32.1. The van der Waals surface area contributed by atoms with Gasteiger partial charge in [-0.25, -0.2) is 14.8 Å². The summed E-state index contributed by atoms with van der Waals surface area (Å²) in [6.45, 7) is 1.87. The molecule has 0 amide bonds. The van der Waals surface area contributed by atoms with Crippen LogP contribution in [0.5, 0.6) is 0 Å². The minimum atomic E-state index is -0.868. The SMILES string of the molecule is Cc1c(C(=O)O)sc2ncnc(C3CCCC3)c12. The van der Waals surface area contributed by atoms with E-state index in [1.165, 1.54) is 24.2 Å². The average molecular weight is 262 g/mol. The largest absolute Gasteiger partial charge is 0.477 e. The van der Waals surface area contributed by atoms with Crippen LogP contribution >= 0.6 is 11.3 Å². The molecule has 5 heteroatoms. The van der Waals surface area contributed by atoms with Gasteiger partial charge in [0, 0.05) is 11.3 Å². The quantitative estimate of drug-likeness (QED) is 0.901. The highest BCUT2D eigenvalue weighted by Crippen LogP contribution is 2.39. The fourth-order valence-electron chi connectivity index (χ4n) is 2.81. The van der Waals surface area contributed by atoms with Crippen molar-refractivity contribution in [2.45, 2.75) is 38.5 Å². The molecule has 94 valence electrons. The number of hydrogen-bond acceptors (Lipinski definition) is 4. The summed E-state index contributed by atoms with van der Waals surface area (Å²) >= 11 is 1.25. The van der Waals surface area contributed by atoms with Crippen LogP contribution in [0.3, 0.4) is 0 Å². The Bertz CT molecular complexity index is 615. The van der Waals surface area contributed by atoms with Gasteiger partial charge in [-0.2, -0.15) is 0 Å². The number of thiophene rings is 1. The second kappa shape index (κ2) is 4.31. The lowest BCUT2D eigenvalue weighted by Crippen LogP contribution is -1.99. The number of aryl methyl sites for hydroxylation is 1. The molecule has 2 heterocycles. The van der Waals surface area contributed by atoms with Crippen molar-refractivity contribution in [3.63, 3.8) is 0 Å². The first kappa shape index (κ1) is 11.6. The van der Waals surface area contributed by atoms with Gasteiger partial charge in [0.25, 0.3) is 0 Å². The van der Waals surface area contributed by atoms with Gasteiger partial charge in [-0.15, -0.1) is 11.3 Å². The number of aromatic nitrogens is 2. The summed E-state index contributed by atoms with van der Waals surface area (Å²) in [6, 6.07) is 0. The fourth-order valence-corrected chi connectivity index (χ4v) is 3.81. The number of hydrogen-bond donors (Lipinski definition) is 1. The zero-order valence-electron chi connectivity index (χ0n) is 10.1. The fraction of sp³-hybridized carbons (Fsp3) is 0.462. The van der Waals surface area contributed by atoms with Crippen molar-refractivity contribution in [3.05, 3.63) is 22.5 Å². The van der Waals surface area contributed by atoms with Gasteiger partial charge in [0.05, 0.1) is 5.69 Å². The van der Waals surface area contributed by atoms with Gasteiger partial charge in [-0.1, -0.05) is 12.8 Å². The predicted octanol–water partition coefficient (Wildman–Crippen LogP) is 3.36. The molecule has 1 fully saturated rings. The van der Waals surface area contributed by atoms with E-state index in [0.717, 1.165) is 34.3 Å². The van der Waals surface area contributed by atoms with Crippen molar-refractivity contribution >= 4 is 27.5 Å². The van der Waals surface area contributed by atoms with E-state index in [2.05, 4.69) is 9.97 Å². The Morgan fingerprint density at radius 3 is 2.78 bits per heavy atom. The summed E-state index contributed by atoms with van der Waals surface area (Å²) in [5.41, 5.74) is 1.88. The minimum Gasteiger partial charge on any atom is -0.477 e. The molecule has 1 aliphatic rings. The monoisotopic (exact) mass is 262 g/mol. The first-order valence-corrected chi connectivity index (χ1v) is 6.97. The van der Waals surface area contributed by atoms with Crippen molar-refractivity contribution in [1.29, 1.82) is 0 Å². The van der Waals surface area contributed by atoms with Crippen LogP contribution < -0.4 is 0 Å². The van der Waals surface area contributed by atoms with Crippen LogP contribution in [-0.2, 0) is 0 Å². The smallest absolute Gasteiger partial charge is 0.346 e. The van der Waals surface area contributed by atoms with Crippen molar-refractivity contribution in [1.82, 2.24) is 9.97 Å². The molecular weight excluding hydrogens is 248 g/mol. The highest BCUT2D eigenvalue weighted by Gasteiger charge is 2.25. The Morgan fingerprint density at radius 1 is 1.39 bits per heavy atom. The van der Waals surface area contributed by atoms with Crippen LogP contribution in [0.15, 0.2) is 6.33 Å². The maximum Gasteiger partial charge on any atom is 0.346 e. The summed E-state index contributed by atoms with van der Waals surface area (Å²) in [5, 5.41) is 10.2. The number of rotatable bonds is 2. The van der Waals surface area contributed by atoms with Gasteiger partial charge in [0.1, 0.15) is 16.0 Å². The molecule has 18 heavy (non-hydrogen) atoms. The lowest BCUT2D eigenvalue weighted by Gasteiger charge is -2.09. The van der Waals surface area contributed by atoms with Gasteiger partial charge in [0.15, 0.2) is 0 Å². The lowest BCUT2D eigenvalue weighted by molar-refractivity contribution is 0.0701. The Hall–Kier alpha value is -1.49. The number of aromatic carboxylic acids is 1. The van der Waals surface area contributed by atoms with Gasteiger partial charge in [-0.05, 0) is 25.3 Å².